The van der Waals surface area contributed by atoms with E-state index in [1.165, 1.54) is 14.2 Å². The van der Waals surface area contributed by atoms with Gasteiger partial charge in [-0.1, -0.05) is 12.1 Å². The van der Waals surface area contributed by atoms with Crippen LogP contribution in [0.1, 0.15) is 24.4 Å². The molecule has 102 valence electrons. The number of alkyl halides is 3. The third kappa shape index (κ3) is 3.80. The van der Waals surface area contributed by atoms with Crippen LogP contribution in [0, 0.1) is 0 Å². The van der Waals surface area contributed by atoms with E-state index in [0.717, 1.165) is 0 Å². The fraction of sp³-hybridized carbons (Fsp3) is 0.500. The zero-order chi connectivity index (χ0) is 13.8. The quantitative estimate of drug-likeness (QED) is 0.888. The van der Waals surface area contributed by atoms with Crippen LogP contribution >= 0.6 is 0 Å². The molecule has 0 saturated carbocycles. The van der Waals surface area contributed by atoms with E-state index in [1.54, 1.807) is 18.2 Å². The Kier molecular flexibility index (Phi) is 4.84. The molecular weight excluding hydrogens is 247 g/mol. The van der Waals surface area contributed by atoms with E-state index in [0.29, 0.717) is 17.1 Å². The molecule has 0 aromatic heterocycles. The largest absolute Gasteiger partial charge is 0.493 e. The Labute approximate surface area is 104 Å². The van der Waals surface area contributed by atoms with Crippen LogP contribution in [0.5, 0.6) is 11.5 Å². The second-order valence-electron chi connectivity index (χ2n) is 3.84. The molecule has 0 fully saturated rings. The van der Waals surface area contributed by atoms with Crippen LogP contribution in [0.2, 0.25) is 0 Å². The summed E-state index contributed by atoms with van der Waals surface area (Å²) in [4.78, 5) is 0. The van der Waals surface area contributed by atoms with E-state index < -0.39 is 18.6 Å². The molecule has 0 radical (unpaired) electrons. The minimum absolute atomic E-state index is 0.187. The van der Waals surface area contributed by atoms with Gasteiger partial charge in [0.2, 0.25) is 0 Å². The number of nitrogens with two attached hydrogens (primary N) is 1. The van der Waals surface area contributed by atoms with E-state index >= 15 is 0 Å². The van der Waals surface area contributed by atoms with Crippen LogP contribution in [0.3, 0.4) is 0 Å². The van der Waals surface area contributed by atoms with Gasteiger partial charge in [0, 0.05) is 18.0 Å². The van der Waals surface area contributed by atoms with Gasteiger partial charge in [-0.3, -0.25) is 0 Å². The Bertz CT molecular complexity index is 393. The van der Waals surface area contributed by atoms with E-state index in [-0.39, 0.29) is 6.42 Å². The predicted molar refractivity (Wildman–Crippen MR) is 61.8 cm³/mol. The van der Waals surface area contributed by atoms with Crippen LogP contribution < -0.4 is 15.2 Å². The summed E-state index contributed by atoms with van der Waals surface area (Å²) < 4.78 is 46.6. The summed E-state index contributed by atoms with van der Waals surface area (Å²) in [5, 5.41) is 0. The van der Waals surface area contributed by atoms with Crippen molar-refractivity contribution >= 4 is 0 Å². The monoisotopic (exact) mass is 263 g/mol. The Morgan fingerprint density at radius 1 is 1.22 bits per heavy atom. The fourth-order valence-electron chi connectivity index (χ4n) is 1.68. The molecule has 1 rings (SSSR count). The summed E-state index contributed by atoms with van der Waals surface area (Å²) >= 11 is 0. The first-order chi connectivity index (χ1) is 8.39. The van der Waals surface area contributed by atoms with Gasteiger partial charge in [-0.05, 0) is 12.5 Å². The molecule has 0 aliphatic heterocycles. The maximum absolute atomic E-state index is 12.1. The molecule has 0 amide bonds. The highest BCUT2D eigenvalue weighted by atomic mass is 19.4. The minimum Gasteiger partial charge on any atom is -0.493 e. The van der Waals surface area contributed by atoms with Crippen molar-refractivity contribution < 1.29 is 22.6 Å². The molecule has 0 bridgehead atoms. The smallest absolute Gasteiger partial charge is 0.389 e. The van der Waals surface area contributed by atoms with Gasteiger partial charge in [0.05, 0.1) is 14.2 Å². The summed E-state index contributed by atoms with van der Waals surface area (Å²) in [6.07, 6.45) is -5.31. The van der Waals surface area contributed by atoms with Gasteiger partial charge >= 0.3 is 6.18 Å². The van der Waals surface area contributed by atoms with E-state index in [2.05, 4.69) is 0 Å². The van der Waals surface area contributed by atoms with Crippen molar-refractivity contribution in [3.05, 3.63) is 23.8 Å². The molecule has 0 heterocycles. The van der Waals surface area contributed by atoms with Gasteiger partial charge in [0.25, 0.3) is 0 Å². The summed E-state index contributed by atoms with van der Waals surface area (Å²) in [6, 6.07) is 4.24. The number of hydrogen-bond donors (Lipinski definition) is 1. The zero-order valence-corrected chi connectivity index (χ0v) is 10.3. The number of hydrogen-bond acceptors (Lipinski definition) is 3. The molecule has 6 heteroatoms. The van der Waals surface area contributed by atoms with Gasteiger partial charge in [-0.2, -0.15) is 13.2 Å². The lowest BCUT2D eigenvalue weighted by atomic mass is 10.0. The van der Waals surface area contributed by atoms with E-state index in [1.807, 2.05) is 0 Å². The minimum atomic E-state index is -4.20. The van der Waals surface area contributed by atoms with Crippen molar-refractivity contribution in [2.24, 2.45) is 5.73 Å². The number of rotatable bonds is 5. The van der Waals surface area contributed by atoms with Gasteiger partial charge in [0.15, 0.2) is 11.5 Å². The molecule has 3 nitrogen and oxygen atoms in total. The van der Waals surface area contributed by atoms with Crippen molar-refractivity contribution in [2.75, 3.05) is 14.2 Å². The van der Waals surface area contributed by atoms with Crippen LogP contribution in [-0.4, -0.2) is 20.4 Å². The van der Waals surface area contributed by atoms with Gasteiger partial charge in [-0.15, -0.1) is 0 Å². The molecule has 1 aromatic rings. The van der Waals surface area contributed by atoms with Crippen LogP contribution in [0.4, 0.5) is 13.2 Å². The lowest BCUT2D eigenvalue weighted by Gasteiger charge is -2.18. The van der Waals surface area contributed by atoms with E-state index in [9.17, 15) is 13.2 Å². The zero-order valence-electron chi connectivity index (χ0n) is 10.3. The van der Waals surface area contributed by atoms with Crippen LogP contribution in [-0.2, 0) is 0 Å². The second kappa shape index (κ2) is 5.95. The lowest BCUT2D eigenvalue weighted by Crippen LogP contribution is -2.16. The lowest BCUT2D eigenvalue weighted by molar-refractivity contribution is -0.136. The normalized spacial score (nSPS) is 13.2. The maximum atomic E-state index is 12.1. The fourth-order valence-corrected chi connectivity index (χ4v) is 1.68. The summed E-state index contributed by atoms with van der Waals surface area (Å²) in [5.74, 6) is 0.840. The summed E-state index contributed by atoms with van der Waals surface area (Å²) in [5.41, 5.74) is 6.28. The maximum Gasteiger partial charge on any atom is 0.389 e. The number of benzene rings is 1. The molecule has 0 aliphatic rings. The standard InChI is InChI=1S/C12H16F3NO2/c1-17-10-5-3-4-8(11(10)18-2)9(16)6-7-12(13,14)15/h3-5,9H,6-7,16H2,1-2H3/t9-/m0/s1. The topological polar surface area (TPSA) is 44.5 Å². The molecule has 1 aromatic carbocycles. The molecule has 1 atom stereocenters. The number of methoxy groups -OCH3 is 2. The Balaban J connectivity index is 2.88. The van der Waals surface area contributed by atoms with Gasteiger partial charge in [-0.25, -0.2) is 0 Å². The summed E-state index contributed by atoms with van der Waals surface area (Å²) in [7, 11) is 2.89. The highest BCUT2D eigenvalue weighted by molar-refractivity contribution is 5.47. The average molecular weight is 263 g/mol. The molecule has 0 aliphatic carbocycles. The van der Waals surface area contributed by atoms with Crippen molar-refractivity contribution in [2.45, 2.75) is 25.1 Å². The first-order valence-electron chi connectivity index (χ1n) is 5.42. The van der Waals surface area contributed by atoms with Crippen molar-refractivity contribution in [3.8, 4) is 11.5 Å². The highest BCUT2D eigenvalue weighted by Crippen LogP contribution is 2.36. The first kappa shape index (κ1) is 14.6. The van der Waals surface area contributed by atoms with Gasteiger partial charge < -0.3 is 15.2 Å². The van der Waals surface area contributed by atoms with Crippen LogP contribution in [0.25, 0.3) is 0 Å². The van der Waals surface area contributed by atoms with Crippen LogP contribution in [0.15, 0.2) is 18.2 Å². The van der Waals surface area contributed by atoms with Gasteiger partial charge in [0.1, 0.15) is 0 Å². The van der Waals surface area contributed by atoms with Crippen molar-refractivity contribution in [3.63, 3.8) is 0 Å². The molecule has 0 spiro atoms. The third-order valence-electron chi connectivity index (χ3n) is 2.57. The molecular formula is C12H16F3NO2. The second-order valence-corrected chi connectivity index (χ2v) is 3.84. The Hall–Kier alpha value is -1.43. The molecule has 0 saturated heterocycles. The first-order valence-corrected chi connectivity index (χ1v) is 5.42. The van der Waals surface area contributed by atoms with E-state index in [4.69, 9.17) is 15.2 Å². The summed E-state index contributed by atoms with van der Waals surface area (Å²) in [6.45, 7) is 0. The molecule has 2 N–H and O–H groups in total. The predicted octanol–water partition coefficient (Wildman–Crippen LogP) is 3.05. The SMILES string of the molecule is COc1cccc([C@@H](N)CCC(F)(F)F)c1OC. The third-order valence-corrected chi connectivity index (χ3v) is 2.57. The highest BCUT2D eigenvalue weighted by Gasteiger charge is 2.28. The van der Waals surface area contributed by atoms with Crippen molar-refractivity contribution in [1.82, 2.24) is 0 Å². The Morgan fingerprint density at radius 2 is 1.89 bits per heavy atom. The van der Waals surface area contributed by atoms with Crippen molar-refractivity contribution in [1.29, 1.82) is 0 Å². The average Bonchev–Trinajstić information content (AvgIpc) is 2.33. The molecule has 18 heavy (non-hydrogen) atoms. The molecule has 0 unspecified atom stereocenters. The Morgan fingerprint density at radius 3 is 2.39 bits per heavy atom. The number of halogens is 3. The number of ether oxygens (including phenoxy) is 2. The number of para-hydroxylation sites is 1.